The van der Waals surface area contributed by atoms with E-state index < -0.39 is 35.7 Å². The lowest BCUT2D eigenvalue weighted by Gasteiger charge is -2.42. The van der Waals surface area contributed by atoms with Crippen molar-refractivity contribution in [2.24, 2.45) is 23.2 Å². The lowest BCUT2D eigenvalue weighted by molar-refractivity contribution is -0.298. The number of aliphatic carboxylic acids is 1. The van der Waals surface area contributed by atoms with Crippen LogP contribution in [0, 0.1) is 23.2 Å². The molecule has 0 aromatic carbocycles. The van der Waals surface area contributed by atoms with Gasteiger partial charge in [-0.2, -0.15) is 0 Å². The van der Waals surface area contributed by atoms with E-state index in [9.17, 15) is 14.4 Å². The summed E-state index contributed by atoms with van der Waals surface area (Å²) < 4.78 is 22.6. The molecule has 1 aliphatic heterocycles. The molecule has 4 atom stereocenters. The molecule has 8 heteroatoms. The number of rotatable bonds is 5. The lowest BCUT2D eigenvalue weighted by Crippen LogP contribution is -2.47. The molecule has 27 heavy (non-hydrogen) atoms. The molecular formula is C19H28O8. The van der Waals surface area contributed by atoms with E-state index in [1.165, 1.54) is 7.11 Å². The molecule has 0 bridgehead atoms. The van der Waals surface area contributed by atoms with Gasteiger partial charge in [0.1, 0.15) is 6.10 Å². The minimum Gasteiger partial charge on any atom is -0.481 e. The summed E-state index contributed by atoms with van der Waals surface area (Å²) in [6.45, 7) is 5.37. The van der Waals surface area contributed by atoms with E-state index in [0.717, 1.165) is 0 Å². The van der Waals surface area contributed by atoms with Gasteiger partial charge in [-0.3, -0.25) is 14.4 Å². The van der Waals surface area contributed by atoms with Crippen molar-refractivity contribution in [2.75, 3.05) is 20.3 Å². The van der Waals surface area contributed by atoms with Gasteiger partial charge in [0, 0.05) is 18.3 Å². The van der Waals surface area contributed by atoms with Crippen LogP contribution in [-0.4, -0.2) is 55.2 Å². The summed E-state index contributed by atoms with van der Waals surface area (Å²) in [7, 11) is 1.32. The van der Waals surface area contributed by atoms with E-state index in [-0.39, 0.29) is 30.1 Å². The molecule has 2 aliphatic carbocycles. The highest BCUT2D eigenvalue weighted by molar-refractivity contribution is 5.78. The number of carboxylic acid groups (broad SMARTS) is 1. The molecule has 0 aromatic heterocycles. The van der Waals surface area contributed by atoms with Crippen LogP contribution in [0.3, 0.4) is 0 Å². The normalized spacial score (nSPS) is 33.4. The second-order valence-corrected chi connectivity index (χ2v) is 8.69. The third-order valence-corrected chi connectivity index (χ3v) is 5.87. The molecule has 1 N–H and O–H groups in total. The average molecular weight is 384 g/mol. The topological polar surface area (TPSA) is 108 Å². The Bertz CT molecular complexity index is 603. The van der Waals surface area contributed by atoms with E-state index in [1.54, 1.807) is 0 Å². The maximum atomic E-state index is 12.4. The summed E-state index contributed by atoms with van der Waals surface area (Å²) >= 11 is 0. The maximum absolute atomic E-state index is 12.4. The first-order valence-electron chi connectivity index (χ1n) is 9.42. The van der Waals surface area contributed by atoms with Gasteiger partial charge in [0.05, 0.1) is 39.1 Å². The van der Waals surface area contributed by atoms with Gasteiger partial charge < -0.3 is 24.1 Å². The molecule has 152 valence electrons. The smallest absolute Gasteiger partial charge is 0.312 e. The first-order chi connectivity index (χ1) is 12.6. The molecule has 1 saturated heterocycles. The molecule has 2 saturated carbocycles. The zero-order chi connectivity index (χ0) is 19.8. The maximum Gasteiger partial charge on any atom is 0.312 e. The lowest BCUT2D eigenvalue weighted by atomic mass is 9.90. The van der Waals surface area contributed by atoms with Crippen molar-refractivity contribution in [1.29, 1.82) is 0 Å². The highest BCUT2D eigenvalue weighted by Gasteiger charge is 2.60. The first kappa shape index (κ1) is 20.1. The fraction of sp³-hybridized carbons (Fsp3) is 0.842. The van der Waals surface area contributed by atoms with Crippen LogP contribution in [-0.2, 0) is 33.3 Å². The minimum absolute atomic E-state index is 0.0348. The molecule has 1 spiro atoms. The highest BCUT2D eigenvalue weighted by atomic mass is 16.7. The fourth-order valence-corrected chi connectivity index (χ4v) is 4.55. The fourth-order valence-electron chi connectivity index (χ4n) is 4.55. The van der Waals surface area contributed by atoms with Crippen molar-refractivity contribution in [2.45, 2.75) is 57.8 Å². The van der Waals surface area contributed by atoms with Gasteiger partial charge >= 0.3 is 17.9 Å². The Morgan fingerprint density at radius 2 is 1.78 bits per heavy atom. The Hall–Kier alpha value is -1.67. The number of ether oxygens (including phenoxy) is 4. The summed E-state index contributed by atoms with van der Waals surface area (Å²) in [5, 5.41) is 8.70. The Kier molecular flexibility index (Phi) is 5.49. The molecule has 0 aromatic rings. The highest BCUT2D eigenvalue weighted by Crippen LogP contribution is 2.55. The van der Waals surface area contributed by atoms with Gasteiger partial charge in [0.2, 0.25) is 0 Å². The average Bonchev–Trinajstić information content (AvgIpc) is 3.09. The van der Waals surface area contributed by atoms with E-state index in [2.05, 4.69) is 13.8 Å². The van der Waals surface area contributed by atoms with Crippen LogP contribution in [0.4, 0.5) is 0 Å². The molecule has 0 unspecified atom stereocenters. The number of hydrogen-bond donors (Lipinski definition) is 1. The van der Waals surface area contributed by atoms with Crippen molar-refractivity contribution in [3.63, 3.8) is 0 Å². The Morgan fingerprint density at radius 1 is 1.11 bits per heavy atom. The van der Waals surface area contributed by atoms with Gasteiger partial charge in [0.25, 0.3) is 0 Å². The van der Waals surface area contributed by atoms with E-state index in [1.807, 2.05) is 0 Å². The number of methoxy groups -OCH3 is 1. The third kappa shape index (κ3) is 4.27. The van der Waals surface area contributed by atoms with Crippen molar-refractivity contribution >= 4 is 17.9 Å². The minimum atomic E-state index is -1.06. The van der Waals surface area contributed by atoms with Crippen LogP contribution in [0.15, 0.2) is 0 Å². The third-order valence-electron chi connectivity index (χ3n) is 5.87. The van der Waals surface area contributed by atoms with Crippen molar-refractivity contribution in [3.05, 3.63) is 0 Å². The van der Waals surface area contributed by atoms with Gasteiger partial charge in [-0.25, -0.2) is 0 Å². The predicted octanol–water partition coefficient (Wildman–Crippen LogP) is 1.75. The molecule has 0 radical (unpaired) electrons. The van der Waals surface area contributed by atoms with Crippen LogP contribution in [0.1, 0.15) is 46.0 Å². The molecule has 3 rings (SSSR count). The summed E-state index contributed by atoms with van der Waals surface area (Å²) in [4.78, 5) is 35.0. The van der Waals surface area contributed by atoms with Crippen molar-refractivity contribution in [1.82, 2.24) is 0 Å². The first-order valence-corrected chi connectivity index (χ1v) is 9.42. The SMILES string of the molecule is COC(=O)[C@H]1[C@@H]2CC3(C[C@@H]2C[C@@H]1OC(=O)CCC(=O)O)OCC(C)(C)CO3. The molecule has 0 amide bonds. The molecule has 3 aliphatic rings. The van der Waals surface area contributed by atoms with Gasteiger partial charge in [-0.1, -0.05) is 13.8 Å². The van der Waals surface area contributed by atoms with Gasteiger partial charge in [-0.05, 0) is 18.3 Å². The monoisotopic (exact) mass is 384 g/mol. The quantitative estimate of drug-likeness (QED) is 0.714. The van der Waals surface area contributed by atoms with E-state index in [4.69, 9.17) is 24.1 Å². The van der Waals surface area contributed by atoms with E-state index >= 15 is 0 Å². The van der Waals surface area contributed by atoms with Crippen molar-refractivity contribution in [3.8, 4) is 0 Å². The van der Waals surface area contributed by atoms with Crippen molar-refractivity contribution < 1.29 is 38.4 Å². The number of carbonyl (C=O) groups excluding carboxylic acids is 2. The predicted molar refractivity (Wildman–Crippen MR) is 91.5 cm³/mol. The number of esters is 2. The van der Waals surface area contributed by atoms with Crippen LogP contribution in [0.2, 0.25) is 0 Å². The number of carbonyl (C=O) groups is 3. The van der Waals surface area contributed by atoms with E-state index in [0.29, 0.717) is 32.5 Å². The number of hydrogen-bond acceptors (Lipinski definition) is 7. The number of fused-ring (bicyclic) bond motifs is 1. The summed E-state index contributed by atoms with van der Waals surface area (Å²) in [5.74, 6) is -3.23. The Labute approximate surface area is 158 Å². The van der Waals surface area contributed by atoms with Crippen LogP contribution in [0.25, 0.3) is 0 Å². The van der Waals surface area contributed by atoms with Crippen LogP contribution >= 0.6 is 0 Å². The summed E-state index contributed by atoms with van der Waals surface area (Å²) in [6, 6.07) is 0. The Balaban J connectivity index is 1.67. The molecule has 8 nitrogen and oxygen atoms in total. The largest absolute Gasteiger partial charge is 0.481 e. The molecule has 3 fully saturated rings. The summed E-state index contributed by atoms with van der Waals surface area (Å²) in [6.07, 6.45) is 0.663. The Morgan fingerprint density at radius 3 is 2.37 bits per heavy atom. The second kappa shape index (κ2) is 7.39. The molecular weight excluding hydrogens is 356 g/mol. The number of carboxylic acids is 1. The van der Waals surface area contributed by atoms with Gasteiger partial charge in [0.15, 0.2) is 5.79 Å². The zero-order valence-corrected chi connectivity index (χ0v) is 16.1. The molecule has 1 heterocycles. The zero-order valence-electron chi connectivity index (χ0n) is 16.1. The standard InChI is InChI=1S/C19H28O8/c1-18(2)9-25-19(26-10-18)7-11-6-13(27-15(22)5-4-14(20)21)16(12(11)8-19)17(23)24-3/h11-13,16H,4-10H2,1-3H3,(H,20,21)/t11-,12+,13-,16-/m0/s1. The van der Waals surface area contributed by atoms with Crippen LogP contribution in [0.5, 0.6) is 0 Å². The second-order valence-electron chi connectivity index (χ2n) is 8.69. The van der Waals surface area contributed by atoms with Gasteiger partial charge in [-0.15, -0.1) is 0 Å². The van der Waals surface area contributed by atoms with Crippen LogP contribution < -0.4 is 0 Å². The summed E-state index contributed by atoms with van der Waals surface area (Å²) in [5.41, 5.74) is -0.0348.